The summed E-state index contributed by atoms with van der Waals surface area (Å²) < 4.78 is 6.02. The number of rotatable bonds is 2. The van der Waals surface area contributed by atoms with Crippen molar-refractivity contribution in [2.75, 3.05) is 0 Å². The summed E-state index contributed by atoms with van der Waals surface area (Å²) in [6, 6.07) is 10.4. The third-order valence-corrected chi connectivity index (χ3v) is 4.62. The van der Waals surface area contributed by atoms with Crippen molar-refractivity contribution in [3.05, 3.63) is 58.3 Å². The Hall–Kier alpha value is -1.71. The minimum atomic E-state index is -0.301. The van der Waals surface area contributed by atoms with Gasteiger partial charge in [0.1, 0.15) is 5.17 Å². The summed E-state index contributed by atoms with van der Waals surface area (Å²) >= 11 is 6.15. The Kier molecular flexibility index (Phi) is 3.10. The van der Waals surface area contributed by atoms with Crippen LogP contribution in [0, 0.1) is 0 Å². The number of benzene rings is 1. The fourth-order valence-electron chi connectivity index (χ4n) is 3.40. The molecule has 112 valence electrons. The van der Waals surface area contributed by atoms with Gasteiger partial charge in [0, 0.05) is 24.0 Å². The zero-order chi connectivity index (χ0) is 15.3. The molecule has 0 bridgehead atoms. The Bertz CT molecular complexity index is 781. The minimum absolute atomic E-state index is 0.301. The van der Waals surface area contributed by atoms with E-state index in [9.17, 15) is 0 Å². The van der Waals surface area contributed by atoms with Crippen LogP contribution in [0.25, 0.3) is 0 Å². The lowest BCUT2D eigenvalue weighted by Crippen LogP contribution is -2.17. The van der Waals surface area contributed by atoms with Crippen LogP contribution in [0.5, 0.6) is 0 Å². The Morgan fingerprint density at radius 1 is 1.18 bits per heavy atom. The number of fused-ring (bicyclic) bond motifs is 3. The highest BCUT2D eigenvalue weighted by Crippen LogP contribution is 2.44. The van der Waals surface area contributed by atoms with Crippen LogP contribution in [0.15, 0.2) is 35.3 Å². The second-order valence-corrected chi connectivity index (χ2v) is 6.78. The van der Waals surface area contributed by atoms with E-state index in [4.69, 9.17) is 21.3 Å². The van der Waals surface area contributed by atoms with Crippen LogP contribution in [0.1, 0.15) is 41.8 Å². The molecular weight excluding hydrogens is 296 g/mol. The highest BCUT2D eigenvalue weighted by Gasteiger charge is 2.38. The fourth-order valence-corrected chi connectivity index (χ4v) is 3.62. The third kappa shape index (κ3) is 2.16. The van der Waals surface area contributed by atoms with E-state index < -0.39 is 0 Å². The molecule has 0 saturated carbocycles. The molecular formula is C18H17ClN2O. The van der Waals surface area contributed by atoms with E-state index in [1.807, 2.05) is 6.07 Å². The van der Waals surface area contributed by atoms with Gasteiger partial charge in [-0.3, -0.25) is 0 Å². The van der Waals surface area contributed by atoms with Crippen molar-refractivity contribution in [2.45, 2.75) is 38.9 Å². The first-order valence-electron chi connectivity index (χ1n) is 7.50. The van der Waals surface area contributed by atoms with Gasteiger partial charge in [-0.15, -0.1) is 0 Å². The first-order chi connectivity index (χ1) is 10.5. The summed E-state index contributed by atoms with van der Waals surface area (Å²) in [5, 5.41) is 0.615. The van der Waals surface area contributed by atoms with Crippen LogP contribution in [-0.2, 0) is 29.8 Å². The van der Waals surface area contributed by atoms with Crippen molar-refractivity contribution < 1.29 is 4.74 Å². The van der Waals surface area contributed by atoms with Crippen LogP contribution in [-0.4, -0.2) is 10.2 Å². The van der Waals surface area contributed by atoms with E-state index in [0.29, 0.717) is 18.2 Å². The van der Waals surface area contributed by atoms with E-state index in [-0.39, 0.29) is 5.60 Å². The summed E-state index contributed by atoms with van der Waals surface area (Å²) in [7, 11) is 0. The second kappa shape index (κ2) is 4.90. The van der Waals surface area contributed by atoms with Crippen molar-refractivity contribution >= 4 is 22.6 Å². The molecule has 1 aromatic carbocycles. The van der Waals surface area contributed by atoms with Crippen LogP contribution >= 0.6 is 11.6 Å². The predicted molar refractivity (Wildman–Crippen MR) is 88.0 cm³/mol. The first kappa shape index (κ1) is 13.9. The molecule has 0 unspecified atom stereocenters. The number of hydrogen-bond donors (Lipinski definition) is 0. The number of aliphatic imine (C=N–C) groups is 1. The van der Waals surface area contributed by atoms with Crippen molar-refractivity contribution in [1.82, 2.24) is 4.98 Å². The Balaban J connectivity index is 1.87. The molecule has 0 saturated heterocycles. The van der Waals surface area contributed by atoms with Gasteiger partial charge >= 0.3 is 0 Å². The van der Waals surface area contributed by atoms with Gasteiger partial charge in [-0.2, -0.15) is 0 Å². The maximum absolute atomic E-state index is 6.15. The van der Waals surface area contributed by atoms with Gasteiger partial charge in [0.2, 0.25) is 0 Å². The SMILES string of the molecule is CC1(C)OCc2c(Cc3ccccc3)nc3c(c21)CC(Cl)=N3. The largest absolute Gasteiger partial charge is 0.366 e. The van der Waals surface area contributed by atoms with Gasteiger partial charge in [0.25, 0.3) is 0 Å². The van der Waals surface area contributed by atoms with E-state index >= 15 is 0 Å². The molecule has 0 amide bonds. The molecule has 0 radical (unpaired) electrons. The molecule has 0 atom stereocenters. The number of hydrogen-bond acceptors (Lipinski definition) is 3. The number of ether oxygens (including phenoxy) is 1. The minimum Gasteiger partial charge on any atom is -0.366 e. The number of nitrogens with zero attached hydrogens (tertiary/aromatic N) is 2. The quantitative estimate of drug-likeness (QED) is 0.830. The van der Waals surface area contributed by atoms with E-state index in [2.05, 4.69) is 43.1 Å². The molecule has 1 aromatic heterocycles. The van der Waals surface area contributed by atoms with Crippen molar-refractivity contribution in [3.8, 4) is 0 Å². The molecule has 22 heavy (non-hydrogen) atoms. The molecule has 0 spiro atoms. The maximum Gasteiger partial charge on any atom is 0.157 e. The first-order valence-corrected chi connectivity index (χ1v) is 7.88. The number of halogens is 1. The Morgan fingerprint density at radius 2 is 1.95 bits per heavy atom. The summed E-state index contributed by atoms with van der Waals surface area (Å²) in [6.45, 7) is 4.83. The molecule has 3 heterocycles. The molecule has 2 aliphatic heterocycles. The van der Waals surface area contributed by atoms with E-state index in [0.717, 1.165) is 23.5 Å². The highest BCUT2D eigenvalue weighted by molar-refractivity contribution is 6.66. The average molecular weight is 313 g/mol. The smallest absolute Gasteiger partial charge is 0.157 e. The molecule has 0 N–H and O–H groups in total. The van der Waals surface area contributed by atoms with Gasteiger partial charge < -0.3 is 4.74 Å². The molecule has 2 aliphatic rings. The van der Waals surface area contributed by atoms with Gasteiger partial charge in [-0.05, 0) is 25.0 Å². The zero-order valence-corrected chi connectivity index (χ0v) is 13.4. The Morgan fingerprint density at radius 3 is 2.73 bits per heavy atom. The zero-order valence-electron chi connectivity index (χ0n) is 12.7. The molecule has 2 aromatic rings. The lowest BCUT2D eigenvalue weighted by atomic mass is 9.89. The van der Waals surface area contributed by atoms with Crippen molar-refractivity contribution in [2.24, 2.45) is 4.99 Å². The standard InChI is InChI=1S/C18H17ClN2O/c1-18(2)16-12-9-15(19)21-17(12)20-14(13(16)10-22-18)8-11-6-4-3-5-7-11/h3-7H,8-10H2,1-2H3. The summed E-state index contributed by atoms with van der Waals surface area (Å²) in [5.74, 6) is 0.772. The Labute approximate surface area is 135 Å². The molecule has 0 aliphatic carbocycles. The van der Waals surface area contributed by atoms with Gasteiger partial charge in [-0.1, -0.05) is 41.9 Å². The second-order valence-electron chi connectivity index (χ2n) is 6.34. The molecule has 3 nitrogen and oxygen atoms in total. The monoisotopic (exact) mass is 312 g/mol. The third-order valence-electron chi connectivity index (χ3n) is 4.41. The van der Waals surface area contributed by atoms with Crippen molar-refractivity contribution in [1.29, 1.82) is 0 Å². The highest BCUT2D eigenvalue weighted by atomic mass is 35.5. The van der Waals surface area contributed by atoms with E-state index in [1.165, 1.54) is 16.7 Å². The molecule has 4 heteroatoms. The predicted octanol–water partition coefficient (Wildman–Crippen LogP) is 4.26. The van der Waals surface area contributed by atoms with Crippen molar-refractivity contribution in [3.63, 3.8) is 0 Å². The summed E-state index contributed by atoms with van der Waals surface area (Å²) in [4.78, 5) is 9.20. The van der Waals surface area contributed by atoms with Crippen LogP contribution in [0.2, 0.25) is 0 Å². The fraction of sp³-hybridized carbons (Fsp3) is 0.333. The van der Waals surface area contributed by atoms with Gasteiger partial charge in [-0.25, -0.2) is 9.98 Å². The normalized spacial score (nSPS) is 18.0. The van der Waals surface area contributed by atoms with E-state index in [1.54, 1.807) is 0 Å². The maximum atomic E-state index is 6.15. The summed E-state index contributed by atoms with van der Waals surface area (Å²) in [5.41, 5.74) is 5.59. The number of aromatic nitrogens is 1. The number of pyridine rings is 1. The van der Waals surface area contributed by atoms with Crippen LogP contribution in [0.4, 0.5) is 5.82 Å². The molecule has 0 fully saturated rings. The van der Waals surface area contributed by atoms with Gasteiger partial charge in [0.05, 0.1) is 17.9 Å². The van der Waals surface area contributed by atoms with Crippen LogP contribution in [0.3, 0.4) is 0 Å². The molecule has 4 rings (SSSR count). The lowest BCUT2D eigenvalue weighted by molar-refractivity contribution is -0.00829. The van der Waals surface area contributed by atoms with Gasteiger partial charge in [0.15, 0.2) is 5.82 Å². The van der Waals surface area contributed by atoms with Crippen LogP contribution < -0.4 is 0 Å². The summed E-state index contributed by atoms with van der Waals surface area (Å²) in [6.07, 6.45) is 1.47. The lowest BCUT2D eigenvalue weighted by Gasteiger charge is -2.21. The topological polar surface area (TPSA) is 34.5 Å². The average Bonchev–Trinajstić information content (AvgIpc) is 2.99.